The van der Waals surface area contributed by atoms with Crippen molar-refractivity contribution in [3.8, 4) is 46.0 Å². The summed E-state index contributed by atoms with van der Waals surface area (Å²) in [7, 11) is 3.16. The molecule has 55 heavy (non-hydrogen) atoms. The summed E-state index contributed by atoms with van der Waals surface area (Å²) in [6, 6.07) is 36.8. The van der Waals surface area contributed by atoms with Crippen LogP contribution in [-0.4, -0.2) is 39.8 Å². The number of rotatable bonds is 13. The summed E-state index contributed by atoms with van der Waals surface area (Å²) in [4.78, 5) is 0. The van der Waals surface area contributed by atoms with Crippen LogP contribution in [0.25, 0.3) is 0 Å². The smallest absolute Gasteiger partial charge is 0.127 e. The molecule has 282 valence electrons. The molecule has 3 atom stereocenters. The Bertz CT molecular complexity index is 2230. The van der Waals surface area contributed by atoms with Gasteiger partial charge in [0.15, 0.2) is 0 Å². The maximum atomic E-state index is 11.6. The largest absolute Gasteiger partial charge is 0.508 e. The highest BCUT2D eigenvalue weighted by Gasteiger charge is 2.27. The summed E-state index contributed by atoms with van der Waals surface area (Å²) in [6.45, 7) is 0. The number of hydrogen-bond acceptors (Lipinski definition) is 8. The van der Waals surface area contributed by atoms with Crippen LogP contribution < -0.4 is 14.2 Å². The van der Waals surface area contributed by atoms with E-state index < -0.39 is 0 Å². The van der Waals surface area contributed by atoms with E-state index in [2.05, 4.69) is 12.1 Å². The predicted octanol–water partition coefficient (Wildman–Crippen LogP) is 9.83. The highest BCUT2D eigenvalue weighted by atomic mass is 16.5. The number of phenolic OH excluding ortho intramolecular Hbond substituents is 5. The molecule has 0 aliphatic carbocycles. The Morgan fingerprint density at radius 3 is 1.82 bits per heavy atom. The van der Waals surface area contributed by atoms with Gasteiger partial charge in [-0.1, -0.05) is 60.7 Å². The number of aromatic hydroxyl groups is 5. The van der Waals surface area contributed by atoms with Crippen molar-refractivity contribution in [2.45, 2.75) is 56.5 Å². The highest BCUT2D eigenvalue weighted by Crippen LogP contribution is 2.45. The second-order valence-electron chi connectivity index (χ2n) is 14.2. The van der Waals surface area contributed by atoms with Crippen molar-refractivity contribution in [2.24, 2.45) is 0 Å². The Hall–Kier alpha value is -6.28. The molecule has 1 aliphatic heterocycles. The zero-order valence-corrected chi connectivity index (χ0v) is 31.0. The number of aryl methyl sites for hydroxylation is 3. The van der Waals surface area contributed by atoms with E-state index in [1.165, 1.54) is 0 Å². The van der Waals surface area contributed by atoms with E-state index in [1.54, 1.807) is 62.8 Å². The van der Waals surface area contributed by atoms with Crippen LogP contribution in [0.1, 0.15) is 81.7 Å². The number of fused-ring (bicyclic) bond motifs is 1. The molecular weight excluding hydrogens is 693 g/mol. The van der Waals surface area contributed by atoms with E-state index in [-0.39, 0.29) is 46.7 Å². The van der Waals surface area contributed by atoms with E-state index in [9.17, 15) is 25.5 Å². The molecule has 0 saturated heterocycles. The van der Waals surface area contributed by atoms with E-state index in [1.807, 2.05) is 60.7 Å². The molecule has 0 amide bonds. The fourth-order valence-corrected chi connectivity index (χ4v) is 7.86. The van der Waals surface area contributed by atoms with Gasteiger partial charge < -0.3 is 39.7 Å². The quantitative estimate of drug-likeness (QED) is 0.0792. The van der Waals surface area contributed by atoms with Crippen LogP contribution in [0.15, 0.2) is 121 Å². The minimum atomic E-state index is -0.266. The number of ether oxygens (including phenoxy) is 3. The van der Waals surface area contributed by atoms with Gasteiger partial charge in [0.05, 0.1) is 14.2 Å². The van der Waals surface area contributed by atoms with Gasteiger partial charge in [-0.25, -0.2) is 0 Å². The van der Waals surface area contributed by atoms with E-state index in [0.717, 1.165) is 57.3 Å². The van der Waals surface area contributed by atoms with Gasteiger partial charge in [-0.2, -0.15) is 0 Å². The van der Waals surface area contributed by atoms with Gasteiger partial charge in [0.2, 0.25) is 0 Å². The first kappa shape index (κ1) is 37.1. The summed E-state index contributed by atoms with van der Waals surface area (Å²) < 4.78 is 17.8. The molecule has 0 fully saturated rings. The highest BCUT2D eigenvalue weighted by molar-refractivity contribution is 5.54. The third-order valence-electron chi connectivity index (χ3n) is 10.8. The van der Waals surface area contributed by atoms with Gasteiger partial charge in [0.25, 0.3) is 0 Å². The van der Waals surface area contributed by atoms with Gasteiger partial charge >= 0.3 is 0 Å². The lowest BCUT2D eigenvalue weighted by atomic mass is 9.82. The first-order chi connectivity index (χ1) is 26.7. The lowest BCUT2D eigenvalue weighted by molar-refractivity contribution is 0.176. The molecule has 1 heterocycles. The minimum Gasteiger partial charge on any atom is -0.508 e. The maximum Gasteiger partial charge on any atom is 0.127 e. The second-order valence-corrected chi connectivity index (χ2v) is 14.2. The molecule has 0 unspecified atom stereocenters. The Morgan fingerprint density at radius 2 is 1.18 bits per heavy atom. The van der Waals surface area contributed by atoms with Crippen molar-refractivity contribution in [1.29, 1.82) is 0 Å². The normalized spacial score (nSPS) is 14.7. The summed E-state index contributed by atoms with van der Waals surface area (Å²) in [5.74, 6) is 2.02. The molecule has 8 heteroatoms. The molecule has 6 aromatic rings. The van der Waals surface area contributed by atoms with Crippen LogP contribution in [-0.2, 0) is 19.3 Å². The van der Waals surface area contributed by atoms with Crippen LogP contribution in [0.2, 0.25) is 0 Å². The molecule has 7 rings (SSSR count). The van der Waals surface area contributed by atoms with E-state index in [4.69, 9.17) is 14.2 Å². The molecule has 5 N–H and O–H groups in total. The molecule has 8 nitrogen and oxygen atoms in total. The molecule has 0 aromatic heterocycles. The lowest BCUT2D eigenvalue weighted by Crippen LogP contribution is -2.16. The minimum absolute atomic E-state index is 0.0902. The summed E-state index contributed by atoms with van der Waals surface area (Å²) in [6.07, 6.45) is 3.78. The molecule has 1 aliphatic rings. The fourth-order valence-electron chi connectivity index (χ4n) is 7.86. The first-order valence-corrected chi connectivity index (χ1v) is 18.6. The van der Waals surface area contributed by atoms with Crippen molar-refractivity contribution in [2.75, 3.05) is 14.2 Å². The maximum absolute atomic E-state index is 11.6. The molecule has 0 saturated carbocycles. The molecule has 0 bridgehead atoms. The Morgan fingerprint density at radius 1 is 0.582 bits per heavy atom. The number of methoxy groups -OCH3 is 2. The van der Waals surface area contributed by atoms with Gasteiger partial charge in [-0.05, 0) is 114 Å². The number of benzene rings is 6. The average molecular weight is 739 g/mol. The third kappa shape index (κ3) is 8.29. The lowest BCUT2D eigenvalue weighted by Gasteiger charge is -2.29. The second kappa shape index (κ2) is 16.4. The number of hydrogen-bond donors (Lipinski definition) is 5. The molecule has 6 aromatic carbocycles. The van der Waals surface area contributed by atoms with Gasteiger partial charge in [0, 0.05) is 41.2 Å². The zero-order chi connectivity index (χ0) is 38.5. The van der Waals surface area contributed by atoms with Crippen molar-refractivity contribution in [3.05, 3.63) is 166 Å². The zero-order valence-electron chi connectivity index (χ0n) is 31.0. The standard InChI is InChI=1S/C47H46O8/c1-53-45-26-37(50)20-12-32(45)13-21-39(30-10-18-36(49)19-11-30)41-24-33(42(51)27-47(41)54-2)14-22-38(29-8-16-35(48)17-9-29)40-25-34-15-23-44(31-6-4-3-5-7-31)55-46(34)28-43(40)52/h3-12,16-20,24-28,38-39,44,48-52H,13-15,21-23H2,1-2H3/t38-,39-,44+/m1/s1. The van der Waals surface area contributed by atoms with Crippen molar-refractivity contribution < 1.29 is 39.7 Å². The van der Waals surface area contributed by atoms with Crippen molar-refractivity contribution in [1.82, 2.24) is 0 Å². The van der Waals surface area contributed by atoms with Crippen molar-refractivity contribution >= 4 is 0 Å². The number of phenols is 5. The predicted molar refractivity (Wildman–Crippen MR) is 212 cm³/mol. The first-order valence-electron chi connectivity index (χ1n) is 18.6. The summed E-state index contributed by atoms with van der Waals surface area (Å²) in [5, 5.41) is 53.3. The van der Waals surface area contributed by atoms with Crippen LogP contribution in [0.4, 0.5) is 0 Å². The molecular formula is C47H46O8. The Kier molecular flexibility index (Phi) is 11.0. The summed E-state index contributed by atoms with van der Waals surface area (Å²) in [5.41, 5.74) is 7.30. The Balaban J connectivity index is 1.21. The molecule has 0 spiro atoms. The van der Waals surface area contributed by atoms with E-state index >= 15 is 0 Å². The fraction of sp³-hybridized carbons (Fsp3) is 0.234. The van der Waals surface area contributed by atoms with E-state index in [0.29, 0.717) is 42.9 Å². The van der Waals surface area contributed by atoms with Crippen LogP contribution in [0, 0.1) is 0 Å². The third-order valence-corrected chi connectivity index (χ3v) is 10.8. The van der Waals surface area contributed by atoms with Crippen molar-refractivity contribution in [3.63, 3.8) is 0 Å². The van der Waals surface area contributed by atoms with Gasteiger partial charge in [-0.15, -0.1) is 0 Å². The summed E-state index contributed by atoms with van der Waals surface area (Å²) >= 11 is 0. The Labute approximate surface area is 321 Å². The SMILES string of the molecule is COc1cc(O)ccc1CC[C@H](c1ccc(O)cc1)c1cc(CC[C@H](c2ccc(O)cc2)c2cc3c(cc2O)O[C@H](c2ccccc2)CC3)c(O)cc1OC. The average Bonchev–Trinajstić information content (AvgIpc) is 3.20. The monoisotopic (exact) mass is 738 g/mol. The van der Waals surface area contributed by atoms with Gasteiger partial charge in [0.1, 0.15) is 52.1 Å². The van der Waals surface area contributed by atoms with Crippen LogP contribution in [0.3, 0.4) is 0 Å². The van der Waals surface area contributed by atoms with Crippen LogP contribution in [0.5, 0.6) is 46.0 Å². The molecule has 0 radical (unpaired) electrons. The van der Waals surface area contributed by atoms with Gasteiger partial charge in [-0.3, -0.25) is 0 Å². The van der Waals surface area contributed by atoms with Crippen LogP contribution >= 0.6 is 0 Å². The topological polar surface area (TPSA) is 129 Å².